The summed E-state index contributed by atoms with van der Waals surface area (Å²) in [6, 6.07) is 18.5. The molecule has 1 N–H and O–H groups in total. The van der Waals surface area contributed by atoms with Gasteiger partial charge >= 0.3 is 6.01 Å². The second-order valence-electron chi connectivity index (χ2n) is 6.93. The van der Waals surface area contributed by atoms with Crippen LogP contribution in [0, 0.1) is 11.3 Å². The molecule has 1 aliphatic heterocycles. The Morgan fingerprint density at radius 2 is 1.87 bits per heavy atom. The van der Waals surface area contributed by atoms with E-state index in [1.807, 2.05) is 42.1 Å². The summed E-state index contributed by atoms with van der Waals surface area (Å²) in [5, 5.41) is 20.4. The fourth-order valence-electron chi connectivity index (χ4n) is 3.24. The maximum atomic E-state index is 12.8. The minimum atomic E-state index is -0.462. The summed E-state index contributed by atoms with van der Waals surface area (Å²) in [5.41, 5.74) is 2.03. The van der Waals surface area contributed by atoms with Crippen molar-refractivity contribution in [3.63, 3.8) is 0 Å². The number of carbonyl (C=O) groups is 1. The van der Waals surface area contributed by atoms with Gasteiger partial charge in [0.15, 0.2) is 0 Å². The third kappa shape index (κ3) is 4.81. The molecule has 1 aliphatic rings. The molecular weight excluding hydrogens is 398 g/mol. The Balaban J connectivity index is 1.55. The SMILES string of the molecule is N#Cc1ccc(C(=O)N[C@@H](Cc2ccccc2)c2nnc(N3CCSCC3)o2)cc1. The van der Waals surface area contributed by atoms with Crippen molar-refractivity contribution in [2.24, 2.45) is 0 Å². The number of hydrogen-bond acceptors (Lipinski definition) is 7. The Kier molecular flexibility index (Phi) is 6.30. The lowest BCUT2D eigenvalue weighted by molar-refractivity contribution is 0.0930. The zero-order valence-electron chi connectivity index (χ0n) is 16.3. The zero-order chi connectivity index (χ0) is 20.8. The monoisotopic (exact) mass is 419 g/mol. The smallest absolute Gasteiger partial charge is 0.318 e. The second kappa shape index (κ2) is 9.46. The molecule has 1 saturated heterocycles. The number of nitrogens with one attached hydrogen (secondary N) is 1. The molecule has 3 aromatic rings. The van der Waals surface area contributed by atoms with E-state index in [1.165, 1.54) is 0 Å². The van der Waals surface area contributed by atoms with Crippen molar-refractivity contribution < 1.29 is 9.21 Å². The second-order valence-corrected chi connectivity index (χ2v) is 8.15. The zero-order valence-corrected chi connectivity index (χ0v) is 17.1. The van der Waals surface area contributed by atoms with E-state index in [2.05, 4.69) is 26.5 Å². The Hall–Kier alpha value is -3.31. The lowest BCUT2D eigenvalue weighted by Gasteiger charge is -2.24. The largest absolute Gasteiger partial charge is 0.406 e. The molecule has 152 valence electrons. The van der Waals surface area contributed by atoms with E-state index in [-0.39, 0.29) is 5.91 Å². The number of anilines is 1. The van der Waals surface area contributed by atoms with Crippen LogP contribution < -0.4 is 10.2 Å². The number of hydrogen-bond donors (Lipinski definition) is 1. The molecule has 1 amide bonds. The molecule has 0 saturated carbocycles. The normalized spacial score (nSPS) is 14.7. The number of nitriles is 1. The van der Waals surface area contributed by atoms with Gasteiger partial charge in [0, 0.05) is 36.6 Å². The van der Waals surface area contributed by atoms with E-state index in [0.29, 0.717) is 29.5 Å². The van der Waals surface area contributed by atoms with Crippen LogP contribution in [0.4, 0.5) is 6.01 Å². The molecule has 0 spiro atoms. The quantitative estimate of drug-likeness (QED) is 0.655. The van der Waals surface area contributed by atoms with Crippen molar-refractivity contribution in [3.05, 3.63) is 77.2 Å². The van der Waals surface area contributed by atoms with E-state index in [0.717, 1.165) is 30.2 Å². The standard InChI is InChI=1S/C22H21N5O2S/c23-15-17-6-8-18(9-7-17)20(28)24-19(14-16-4-2-1-3-5-16)21-25-26-22(29-21)27-10-12-30-13-11-27/h1-9,19H,10-14H2,(H,24,28)/t19-/m0/s1. The predicted molar refractivity (Wildman–Crippen MR) is 115 cm³/mol. The summed E-state index contributed by atoms with van der Waals surface area (Å²) < 4.78 is 5.97. The van der Waals surface area contributed by atoms with E-state index in [1.54, 1.807) is 24.3 Å². The number of carbonyl (C=O) groups excluding carboxylic acids is 1. The lowest BCUT2D eigenvalue weighted by Crippen LogP contribution is -2.32. The van der Waals surface area contributed by atoms with Gasteiger partial charge in [0.25, 0.3) is 5.91 Å². The number of thioether (sulfide) groups is 1. The summed E-state index contributed by atoms with van der Waals surface area (Å²) in [5.74, 6) is 2.19. The van der Waals surface area contributed by atoms with Gasteiger partial charge in [-0.15, -0.1) is 5.10 Å². The Morgan fingerprint density at radius 3 is 2.57 bits per heavy atom. The Bertz CT molecular complexity index is 1020. The molecule has 2 aromatic carbocycles. The predicted octanol–water partition coefficient (Wildman–Crippen LogP) is 3.21. The van der Waals surface area contributed by atoms with Crippen molar-refractivity contribution in [1.29, 1.82) is 5.26 Å². The highest BCUT2D eigenvalue weighted by molar-refractivity contribution is 7.99. The maximum Gasteiger partial charge on any atom is 0.318 e. The van der Waals surface area contributed by atoms with Crippen molar-refractivity contribution in [3.8, 4) is 6.07 Å². The fraction of sp³-hybridized carbons (Fsp3) is 0.273. The van der Waals surface area contributed by atoms with E-state index in [4.69, 9.17) is 9.68 Å². The molecule has 1 atom stereocenters. The minimum Gasteiger partial charge on any atom is -0.406 e. The summed E-state index contributed by atoms with van der Waals surface area (Å²) in [7, 11) is 0. The van der Waals surface area contributed by atoms with Crippen LogP contribution in [0.25, 0.3) is 0 Å². The summed E-state index contributed by atoms with van der Waals surface area (Å²) in [6.07, 6.45) is 0.528. The molecule has 4 rings (SSSR count). The number of nitrogens with zero attached hydrogens (tertiary/aromatic N) is 4. The third-order valence-corrected chi connectivity index (χ3v) is 5.82. The van der Waals surface area contributed by atoms with Gasteiger partial charge in [-0.25, -0.2) is 0 Å². The van der Waals surface area contributed by atoms with Crippen molar-refractivity contribution >= 4 is 23.7 Å². The molecular formula is C22H21N5O2S. The Labute approximate surface area is 179 Å². The lowest BCUT2D eigenvalue weighted by atomic mass is 10.0. The van der Waals surface area contributed by atoms with Gasteiger partial charge in [0.05, 0.1) is 11.6 Å². The summed E-state index contributed by atoms with van der Waals surface area (Å²) in [4.78, 5) is 14.9. The van der Waals surface area contributed by atoms with Gasteiger partial charge in [-0.3, -0.25) is 4.79 Å². The maximum absolute atomic E-state index is 12.8. The Morgan fingerprint density at radius 1 is 1.13 bits per heavy atom. The molecule has 0 aliphatic carbocycles. The first-order valence-electron chi connectivity index (χ1n) is 9.74. The fourth-order valence-corrected chi connectivity index (χ4v) is 4.14. The van der Waals surface area contributed by atoms with Crippen molar-refractivity contribution in [2.45, 2.75) is 12.5 Å². The van der Waals surface area contributed by atoms with Gasteiger partial charge in [0.1, 0.15) is 6.04 Å². The first kappa shape index (κ1) is 20.0. The number of amides is 1. The van der Waals surface area contributed by atoms with Crippen molar-refractivity contribution in [2.75, 3.05) is 29.5 Å². The summed E-state index contributed by atoms with van der Waals surface area (Å²) >= 11 is 1.91. The van der Waals surface area contributed by atoms with Gasteiger partial charge in [0.2, 0.25) is 5.89 Å². The minimum absolute atomic E-state index is 0.255. The van der Waals surface area contributed by atoms with Crippen LogP contribution in [-0.4, -0.2) is 40.7 Å². The van der Waals surface area contributed by atoms with Crippen LogP contribution in [0.2, 0.25) is 0 Å². The number of benzene rings is 2. The van der Waals surface area contributed by atoms with Gasteiger partial charge < -0.3 is 14.6 Å². The van der Waals surface area contributed by atoms with Gasteiger partial charge in [-0.1, -0.05) is 35.4 Å². The number of rotatable bonds is 6. The molecule has 0 bridgehead atoms. The van der Waals surface area contributed by atoms with Crippen LogP contribution in [0.3, 0.4) is 0 Å². The van der Waals surface area contributed by atoms with Crippen LogP contribution in [0.1, 0.15) is 33.4 Å². The van der Waals surface area contributed by atoms with E-state index >= 15 is 0 Å². The first-order chi connectivity index (χ1) is 14.7. The van der Waals surface area contributed by atoms with E-state index < -0.39 is 6.04 Å². The molecule has 2 heterocycles. The van der Waals surface area contributed by atoms with Crippen LogP contribution in [0.5, 0.6) is 0 Å². The topological polar surface area (TPSA) is 95.0 Å². The average molecular weight is 420 g/mol. The van der Waals surface area contributed by atoms with Crippen LogP contribution >= 0.6 is 11.8 Å². The molecule has 1 fully saturated rings. The molecule has 0 radical (unpaired) electrons. The third-order valence-electron chi connectivity index (χ3n) is 4.87. The highest BCUT2D eigenvalue weighted by atomic mass is 32.2. The molecule has 0 unspecified atom stereocenters. The first-order valence-corrected chi connectivity index (χ1v) is 10.9. The molecule has 30 heavy (non-hydrogen) atoms. The highest BCUT2D eigenvalue weighted by Crippen LogP contribution is 2.23. The molecule has 7 nitrogen and oxygen atoms in total. The van der Waals surface area contributed by atoms with Gasteiger partial charge in [-0.05, 0) is 29.8 Å². The summed E-state index contributed by atoms with van der Waals surface area (Å²) in [6.45, 7) is 1.74. The molecule has 1 aromatic heterocycles. The van der Waals surface area contributed by atoms with Crippen LogP contribution in [-0.2, 0) is 6.42 Å². The molecule has 8 heteroatoms. The van der Waals surface area contributed by atoms with E-state index in [9.17, 15) is 4.79 Å². The highest BCUT2D eigenvalue weighted by Gasteiger charge is 2.24. The van der Waals surface area contributed by atoms with Crippen LogP contribution in [0.15, 0.2) is 59.0 Å². The average Bonchev–Trinajstić information content (AvgIpc) is 3.30. The number of aromatic nitrogens is 2. The van der Waals surface area contributed by atoms with Crippen molar-refractivity contribution in [1.82, 2.24) is 15.5 Å². The van der Waals surface area contributed by atoms with Gasteiger partial charge in [-0.2, -0.15) is 17.0 Å².